The summed E-state index contributed by atoms with van der Waals surface area (Å²) in [7, 11) is 0. The van der Waals surface area contributed by atoms with E-state index in [1.54, 1.807) is 0 Å². The molecule has 1 saturated heterocycles. The zero-order valence-electron chi connectivity index (χ0n) is 6.40. The molecule has 1 saturated carbocycles. The monoisotopic (exact) mass is 140 g/mol. The molecule has 1 heterocycles. The van der Waals surface area contributed by atoms with E-state index in [1.807, 2.05) is 0 Å². The Morgan fingerprint density at radius 1 is 1.40 bits per heavy atom. The molecule has 0 amide bonds. The van der Waals surface area contributed by atoms with Crippen molar-refractivity contribution >= 4 is 0 Å². The lowest BCUT2D eigenvalue weighted by molar-refractivity contribution is 0.308. The third kappa shape index (κ3) is 1.32. The van der Waals surface area contributed by atoms with Crippen LogP contribution in [-0.2, 0) is 0 Å². The summed E-state index contributed by atoms with van der Waals surface area (Å²) in [5.74, 6) is 0.945. The lowest BCUT2D eigenvalue weighted by Crippen LogP contribution is -2.42. The van der Waals surface area contributed by atoms with Crippen LogP contribution in [0, 0.1) is 5.92 Å². The van der Waals surface area contributed by atoms with Gasteiger partial charge in [-0.15, -0.1) is 0 Å². The fourth-order valence-electron chi connectivity index (χ4n) is 1.45. The molecule has 1 aliphatic heterocycles. The summed E-state index contributed by atoms with van der Waals surface area (Å²) in [6.07, 6.45) is 5.16. The minimum Gasteiger partial charge on any atom is -0.325 e. The Morgan fingerprint density at radius 2 is 2.10 bits per heavy atom. The van der Waals surface area contributed by atoms with Crippen LogP contribution in [0.5, 0.6) is 0 Å². The highest BCUT2D eigenvalue weighted by Gasteiger charge is 2.38. The molecule has 0 aromatic heterocycles. The number of rotatable bonds is 3. The van der Waals surface area contributed by atoms with Crippen LogP contribution in [0.1, 0.15) is 25.7 Å². The van der Waals surface area contributed by atoms with Crippen molar-refractivity contribution < 1.29 is 0 Å². The van der Waals surface area contributed by atoms with Gasteiger partial charge in [0, 0.05) is 5.54 Å². The van der Waals surface area contributed by atoms with Gasteiger partial charge in [0.05, 0.1) is 0 Å². The van der Waals surface area contributed by atoms with Crippen LogP contribution in [0.3, 0.4) is 0 Å². The van der Waals surface area contributed by atoms with Crippen molar-refractivity contribution in [1.29, 1.82) is 0 Å². The van der Waals surface area contributed by atoms with Crippen molar-refractivity contribution in [3.05, 3.63) is 0 Å². The smallest absolute Gasteiger partial charge is 0.0155 e. The lowest BCUT2D eigenvalue weighted by atomic mass is 9.94. The summed E-state index contributed by atoms with van der Waals surface area (Å²) in [5.41, 5.74) is 6.24. The van der Waals surface area contributed by atoms with Gasteiger partial charge in [0.15, 0.2) is 0 Å². The third-order valence-electron chi connectivity index (χ3n) is 2.81. The normalized spacial score (nSPS) is 29.7. The maximum absolute atomic E-state index is 5.95. The molecule has 2 rings (SSSR count). The lowest BCUT2D eigenvalue weighted by Gasteiger charge is -2.27. The van der Waals surface area contributed by atoms with E-state index in [9.17, 15) is 0 Å². The molecule has 58 valence electrons. The highest BCUT2D eigenvalue weighted by atomic mass is 14.9. The second-order valence-corrected chi connectivity index (χ2v) is 3.93. The average molecular weight is 140 g/mol. The summed E-state index contributed by atoms with van der Waals surface area (Å²) >= 11 is 0. The Morgan fingerprint density at radius 3 is 2.50 bits per heavy atom. The Bertz CT molecular complexity index is 125. The molecule has 1 aliphatic carbocycles. The van der Waals surface area contributed by atoms with E-state index in [4.69, 9.17) is 5.73 Å². The maximum atomic E-state index is 5.95. The molecule has 0 bridgehead atoms. The molecule has 10 heavy (non-hydrogen) atoms. The highest BCUT2D eigenvalue weighted by Crippen LogP contribution is 2.37. The van der Waals surface area contributed by atoms with E-state index >= 15 is 0 Å². The Kier molecular flexibility index (Phi) is 1.46. The Labute approximate surface area is 62.2 Å². The highest BCUT2D eigenvalue weighted by molar-refractivity contribution is 4.99. The molecule has 0 aromatic rings. The van der Waals surface area contributed by atoms with Crippen LogP contribution in [0.25, 0.3) is 0 Å². The minimum atomic E-state index is 0.287. The van der Waals surface area contributed by atoms with Gasteiger partial charge in [0.1, 0.15) is 0 Å². The summed E-state index contributed by atoms with van der Waals surface area (Å²) < 4.78 is 0. The van der Waals surface area contributed by atoms with Gasteiger partial charge in [-0.2, -0.15) is 0 Å². The fraction of sp³-hybridized carbons (Fsp3) is 1.00. The predicted molar refractivity (Wildman–Crippen MR) is 41.7 cm³/mol. The van der Waals surface area contributed by atoms with Gasteiger partial charge >= 0.3 is 0 Å². The molecule has 3 N–H and O–H groups in total. The zero-order chi connectivity index (χ0) is 7.03. The van der Waals surface area contributed by atoms with E-state index in [0.717, 1.165) is 5.92 Å². The van der Waals surface area contributed by atoms with E-state index < -0.39 is 0 Å². The zero-order valence-corrected chi connectivity index (χ0v) is 6.40. The first-order chi connectivity index (χ1) is 4.79. The number of nitrogens with two attached hydrogens (primary N) is 1. The van der Waals surface area contributed by atoms with E-state index in [2.05, 4.69) is 5.32 Å². The van der Waals surface area contributed by atoms with Gasteiger partial charge in [0.2, 0.25) is 0 Å². The number of hydrogen-bond donors (Lipinski definition) is 2. The van der Waals surface area contributed by atoms with Crippen LogP contribution in [0.4, 0.5) is 0 Å². The largest absolute Gasteiger partial charge is 0.325 e. The first-order valence-corrected chi connectivity index (χ1v) is 4.28. The summed E-state index contributed by atoms with van der Waals surface area (Å²) in [4.78, 5) is 0. The molecule has 2 fully saturated rings. The van der Waals surface area contributed by atoms with E-state index in [1.165, 1.54) is 38.8 Å². The molecule has 0 radical (unpaired) electrons. The van der Waals surface area contributed by atoms with Crippen molar-refractivity contribution in [3.8, 4) is 0 Å². The minimum absolute atomic E-state index is 0.287. The van der Waals surface area contributed by atoms with Crippen LogP contribution < -0.4 is 11.1 Å². The van der Waals surface area contributed by atoms with Crippen molar-refractivity contribution in [2.24, 2.45) is 11.7 Å². The molecule has 2 aliphatic rings. The van der Waals surface area contributed by atoms with E-state index in [0.29, 0.717) is 0 Å². The third-order valence-corrected chi connectivity index (χ3v) is 2.81. The first kappa shape index (κ1) is 6.62. The summed E-state index contributed by atoms with van der Waals surface area (Å²) in [6.45, 7) is 2.46. The standard InChI is InChI=1S/C8H16N2/c9-8(3-4-8)2-1-7-5-10-6-7/h7,10H,1-6,9H2. The van der Waals surface area contributed by atoms with Crippen molar-refractivity contribution in [1.82, 2.24) is 5.32 Å². The van der Waals surface area contributed by atoms with Gasteiger partial charge < -0.3 is 11.1 Å². The topological polar surface area (TPSA) is 38.0 Å². The van der Waals surface area contributed by atoms with Crippen LogP contribution in [-0.4, -0.2) is 18.6 Å². The molecule has 2 heteroatoms. The summed E-state index contributed by atoms with van der Waals surface area (Å²) in [6, 6.07) is 0. The number of hydrogen-bond acceptors (Lipinski definition) is 2. The fourth-order valence-corrected chi connectivity index (χ4v) is 1.45. The van der Waals surface area contributed by atoms with Crippen LogP contribution >= 0.6 is 0 Å². The number of nitrogens with one attached hydrogen (secondary N) is 1. The Hall–Kier alpha value is -0.0800. The van der Waals surface area contributed by atoms with Gasteiger partial charge in [-0.3, -0.25) is 0 Å². The van der Waals surface area contributed by atoms with E-state index in [-0.39, 0.29) is 5.54 Å². The van der Waals surface area contributed by atoms with Crippen molar-refractivity contribution in [2.75, 3.05) is 13.1 Å². The average Bonchev–Trinajstić information content (AvgIpc) is 2.44. The quantitative estimate of drug-likeness (QED) is 0.598. The maximum Gasteiger partial charge on any atom is 0.0155 e. The molecule has 0 aromatic carbocycles. The van der Waals surface area contributed by atoms with Gasteiger partial charge in [0.25, 0.3) is 0 Å². The van der Waals surface area contributed by atoms with Crippen LogP contribution in [0.15, 0.2) is 0 Å². The first-order valence-electron chi connectivity index (χ1n) is 4.28. The van der Waals surface area contributed by atoms with Gasteiger partial charge in [-0.05, 0) is 44.7 Å². The Balaban J connectivity index is 1.63. The van der Waals surface area contributed by atoms with Crippen molar-refractivity contribution in [2.45, 2.75) is 31.2 Å². The molecular formula is C8H16N2. The molecular weight excluding hydrogens is 124 g/mol. The second-order valence-electron chi connectivity index (χ2n) is 3.93. The molecule has 2 nitrogen and oxygen atoms in total. The second kappa shape index (κ2) is 2.21. The SMILES string of the molecule is NC1(CCC2CNC2)CC1. The summed E-state index contributed by atoms with van der Waals surface area (Å²) in [5, 5.41) is 3.28. The predicted octanol–water partition coefficient (Wildman–Crippen LogP) is 0.477. The molecule has 0 spiro atoms. The van der Waals surface area contributed by atoms with Crippen molar-refractivity contribution in [3.63, 3.8) is 0 Å². The molecule has 0 unspecified atom stereocenters. The molecule has 0 atom stereocenters. The van der Waals surface area contributed by atoms with Crippen LogP contribution in [0.2, 0.25) is 0 Å². The van der Waals surface area contributed by atoms with Gasteiger partial charge in [-0.1, -0.05) is 0 Å². The van der Waals surface area contributed by atoms with Gasteiger partial charge in [-0.25, -0.2) is 0 Å².